The lowest BCUT2D eigenvalue weighted by Gasteiger charge is -2.27. The molecule has 1 aromatic rings. The maximum absolute atomic E-state index is 12.6. The molecule has 1 aromatic carbocycles. The van der Waals surface area contributed by atoms with Crippen molar-refractivity contribution in [3.63, 3.8) is 0 Å². The van der Waals surface area contributed by atoms with Crippen LogP contribution in [0.2, 0.25) is 0 Å². The summed E-state index contributed by atoms with van der Waals surface area (Å²) >= 11 is 0. The van der Waals surface area contributed by atoms with Gasteiger partial charge in [-0.3, -0.25) is 9.59 Å². The zero-order valence-corrected chi connectivity index (χ0v) is 13.9. The molecule has 0 bridgehead atoms. The number of amides is 2. The SMILES string of the molecule is CCOc1ccc(C(=O)N(CCCC(=O)NC)C(C)C)cc1. The molecule has 5 nitrogen and oxygen atoms in total. The zero-order chi connectivity index (χ0) is 16.5. The molecule has 0 aliphatic heterocycles. The lowest BCUT2D eigenvalue weighted by atomic mass is 10.1. The minimum atomic E-state index is -0.0186. The molecule has 0 aliphatic rings. The molecule has 1 rings (SSSR count). The normalized spacial score (nSPS) is 10.4. The smallest absolute Gasteiger partial charge is 0.254 e. The summed E-state index contributed by atoms with van der Waals surface area (Å²) in [4.78, 5) is 25.6. The summed E-state index contributed by atoms with van der Waals surface area (Å²) in [5, 5.41) is 2.59. The standard InChI is InChI=1S/C17H26N2O3/c1-5-22-15-10-8-14(9-11-15)17(21)19(13(2)3)12-6-7-16(20)18-4/h8-11,13H,5-7,12H2,1-4H3,(H,18,20). The molecule has 22 heavy (non-hydrogen) atoms. The van der Waals surface area contributed by atoms with Gasteiger partial charge in [0.05, 0.1) is 6.61 Å². The van der Waals surface area contributed by atoms with E-state index in [1.807, 2.05) is 20.8 Å². The number of ether oxygens (including phenoxy) is 1. The van der Waals surface area contributed by atoms with Crippen molar-refractivity contribution in [3.8, 4) is 5.75 Å². The highest BCUT2D eigenvalue weighted by Gasteiger charge is 2.18. The predicted octanol–water partition coefficient (Wildman–Crippen LogP) is 2.46. The number of hydrogen-bond donors (Lipinski definition) is 1. The summed E-state index contributed by atoms with van der Waals surface area (Å²) in [6.45, 7) is 7.05. The van der Waals surface area contributed by atoms with Crippen LogP contribution in [-0.2, 0) is 4.79 Å². The third kappa shape index (κ3) is 5.39. The van der Waals surface area contributed by atoms with Gasteiger partial charge in [0, 0.05) is 31.6 Å². The fraction of sp³-hybridized carbons (Fsp3) is 0.529. The van der Waals surface area contributed by atoms with Gasteiger partial charge in [-0.15, -0.1) is 0 Å². The summed E-state index contributed by atoms with van der Waals surface area (Å²) in [7, 11) is 1.62. The average Bonchev–Trinajstić information content (AvgIpc) is 2.51. The van der Waals surface area contributed by atoms with Gasteiger partial charge in [-0.1, -0.05) is 0 Å². The Morgan fingerprint density at radius 1 is 1.23 bits per heavy atom. The second-order valence-corrected chi connectivity index (χ2v) is 5.33. The topological polar surface area (TPSA) is 58.6 Å². The van der Waals surface area contributed by atoms with Crippen LogP contribution in [0.1, 0.15) is 44.0 Å². The molecule has 5 heteroatoms. The Morgan fingerprint density at radius 3 is 2.36 bits per heavy atom. The molecule has 0 saturated heterocycles. The molecular formula is C17H26N2O3. The van der Waals surface area contributed by atoms with Crippen LogP contribution in [0, 0.1) is 0 Å². The van der Waals surface area contributed by atoms with Gasteiger partial charge >= 0.3 is 0 Å². The van der Waals surface area contributed by atoms with Gasteiger partial charge in [-0.25, -0.2) is 0 Å². The first kappa shape index (κ1) is 18.0. The number of hydrogen-bond acceptors (Lipinski definition) is 3. The number of carbonyl (C=O) groups excluding carboxylic acids is 2. The Hall–Kier alpha value is -2.04. The maximum Gasteiger partial charge on any atom is 0.254 e. The highest BCUT2D eigenvalue weighted by Crippen LogP contribution is 2.15. The van der Waals surface area contributed by atoms with Crippen molar-refractivity contribution in [1.82, 2.24) is 10.2 Å². The Morgan fingerprint density at radius 2 is 1.86 bits per heavy atom. The first-order chi connectivity index (χ1) is 10.5. The molecule has 122 valence electrons. The third-order valence-electron chi connectivity index (χ3n) is 3.38. The van der Waals surface area contributed by atoms with E-state index in [9.17, 15) is 9.59 Å². The minimum Gasteiger partial charge on any atom is -0.494 e. The number of nitrogens with one attached hydrogen (secondary N) is 1. The van der Waals surface area contributed by atoms with E-state index in [4.69, 9.17) is 4.74 Å². The maximum atomic E-state index is 12.6. The molecule has 0 atom stereocenters. The van der Waals surface area contributed by atoms with E-state index < -0.39 is 0 Å². The van der Waals surface area contributed by atoms with Gasteiger partial charge in [0.1, 0.15) is 5.75 Å². The van der Waals surface area contributed by atoms with Crippen LogP contribution >= 0.6 is 0 Å². The molecule has 0 saturated carbocycles. The zero-order valence-electron chi connectivity index (χ0n) is 13.9. The van der Waals surface area contributed by atoms with Gasteiger partial charge in [-0.2, -0.15) is 0 Å². The van der Waals surface area contributed by atoms with Gasteiger partial charge in [0.2, 0.25) is 5.91 Å². The Bertz CT molecular complexity index is 483. The lowest BCUT2D eigenvalue weighted by molar-refractivity contribution is -0.120. The monoisotopic (exact) mass is 306 g/mol. The fourth-order valence-corrected chi connectivity index (χ4v) is 2.16. The summed E-state index contributed by atoms with van der Waals surface area (Å²) in [6, 6.07) is 7.26. The van der Waals surface area contributed by atoms with E-state index in [-0.39, 0.29) is 17.9 Å². The highest BCUT2D eigenvalue weighted by molar-refractivity contribution is 5.94. The highest BCUT2D eigenvalue weighted by atomic mass is 16.5. The number of nitrogens with zero attached hydrogens (tertiary/aromatic N) is 1. The van der Waals surface area contributed by atoms with E-state index in [0.29, 0.717) is 31.6 Å². The second kappa shape index (κ2) is 9.07. The first-order valence-electron chi connectivity index (χ1n) is 7.74. The molecule has 0 unspecified atom stereocenters. The van der Waals surface area contributed by atoms with Gasteiger partial charge < -0.3 is 15.0 Å². The van der Waals surface area contributed by atoms with E-state index in [1.54, 1.807) is 36.2 Å². The first-order valence-corrected chi connectivity index (χ1v) is 7.74. The van der Waals surface area contributed by atoms with Crippen molar-refractivity contribution < 1.29 is 14.3 Å². The van der Waals surface area contributed by atoms with E-state index in [2.05, 4.69) is 5.32 Å². The number of benzene rings is 1. The fourth-order valence-electron chi connectivity index (χ4n) is 2.16. The summed E-state index contributed by atoms with van der Waals surface area (Å²) in [5.74, 6) is 0.738. The molecular weight excluding hydrogens is 280 g/mol. The molecule has 2 amide bonds. The third-order valence-corrected chi connectivity index (χ3v) is 3.38. The van der Waals surface area contributed by atoms with Crippen molar-refractivity contribution in [3.05, 3.63) is 29.8 Å². The van der Waals surface area contributed by atoms with E-state index >= 15 is 0 Å². The van der Waals surface area contributed by atoms with Gasteiger partial charge in [0.15, 0.2) is 0 Å². The largest absolute Gasteiger partial charge is 0.494 e. The predicted molar refractivity (Wildman–Crippen MR) is 87.1 cm³/mol. The quantitative estimate of drug-likeness (QED) is 0.802. The Balaban J connectivity index is 2.69. The van der Waals surface area contributed by atoms with Gasteiger partial charge in [0.25, 0.3) is 5.91 Å². The van der Waals surface area contributed by atoms with E-state index in [0.717, 1.165) is 5.75 Å². The summed E-state index contributed by atoms with van der Waals surface area (Å²) in [6.07, 6.45) is 1.08. The lowest BCUT2D eigenvalue weighted by Crippen LogP contribution is -2.38. The molecule has 0 radical (unpaired) electrons. The number of carbonyl (C=O) groups is 2. The van der Waals surface area contributed by atoms with E-state index in [1.165, 1.54) is 0 Å². The van der Waals surface area contributed by atoms with Crippen LogP contribution in [0.15, 0.2) is 24.3 Å². The molecule has 0 heterocycles. The van der Waals surface area contributed by atoms with Crippen molar-refractivity contribution in [2.45, 2.75) is 39.7 Å². The van der Waals surface area contributed by atoms with Crippen molar-refractivity contribution >= 4 is 11.8 Å². The molecule has 0 aliphatic carbocycles. The van der Waals surface area contributed by atoms with Crippen molar-refractivity contribution in [2.75, 3.05) is 20.2 Å². The summed E-state index contributed by atoms with van der Waals surface area (Å²) < 4.78 is 5.38. The van der Waals surface area contributed by atoms with Crippen LogP contribution in [0.3, 0.4) is 0 Å². The van der Waals surface area contributed by atoms with Crippen LogP contribution in [-0.4, -0.2) is 43.0 Å². The average molecular weight is 306 g/mol. The summed E-state index contributed by atoms with van der Waals surface area (Å²) in [5.41, 5.74) is 0.636. The molecule has 0 fully saturated rings. The van der Waals surface area contributed by atoms with Crippen LogP contribution in [0.25, 0.3) is 0 Å². The van der Waals surface area contributed by atoms with Crippen LogP contribution in [0.4, 0.5) is 0 Å². The molecule has 1 N–H and O–H groups in total. The molecule has 0 aromatic heterocycles. The second-order valence-electron chi connectivity index (χ2n) is 5.33. The van der Waals surface area contributed by atoms with Gasteiger partial charge in [-0.05, 0) is 51.5 Å². The molecule has 0 spiro atoms. The van der Waals surface area contributed by atoms with Crippen LogP contribution < -0.4 is 10.1 Å². The number of rotatable bonds is 8. The Labute approximate surface area is 132 Å². The van der Waals surface area contributed by atoms with Crippen LogP contribution in [0.5, 0.6) is 5.75 Å². The minimum absolute atomic E-state index is 0.00257. The Kier molecular flexibility index (Phi) is 7.43. The van der Waals surface area contributed by atoms with Crippen molar-refractivity contribution in [2.24, 2.45) is 0 Å². The van der Waals surface area contributed by atoms with Crippen molar-refractivity contribution in [1.29, 1.82) is 0 Å².